The number of nitrogens with two attached hydrogens (primary N) is 1. The second kappa shape index (κ2) is 4.15. The Balaban J connectivity index is 2.16. The van der Waals surface area contributed by atoms with Gasteiger partial charge in [0.15, 0.2) is 5.82 Å². The quantitative estimate of drug-likeness (QED) is 0.702. The van der Waals surface area contributed by atoms with E-state index in [4.69, 9.17) is 5.73 Å². The Morgan fingerprint density at radius 3 is 2.88 bits per heavy atom. The normalized spacial score (nSPS) is 29.2. The summed E-state index contributed by atoms with van der Waals surface area (Å²) in [5.41, 5.74) is 5.57. The van der Waals surface area contributed by atoms with Crippen LogP contribution in [0.4, 0.5) is 11.5 Å². The zero-order valence-corrected chi connectivity index (χ0v) is 9.66. The minimum Gasteiger partial charge on any atom is -0.391 e. The van der Waals surface area contributed by atoms with Crippen molar-refractivity contribution >= 4 is 11.5 Å². The van der Waals surface area contributed by atoms with E-state index in [1.807, 2.05) is 0 Å². The SMILES string of the molecule is CC1CCC(Nc2nc[nH]c(=O)c2N)C1C. The smallest absolute Gasteiger partial charge is 0.276 e. The summed E-state index contributed by atoms with van der Waals surface area (Å²) in [6.45, 7) is 4.47. The van der Waals surface area contributed by atoms with E-state index in [9.17, 15) is 4.79 Å². The number of aromatic nitrogens is 2. The highest BCUT2D eigenvalue weighted by molar-refractivity contribution is 5.59. The molecule has 1 aliphatic rings. The third kappa shape index (κ3) is 1.89. The van der Waals surface area contributed by atoms with Gasteiger partial charge < -0.3 is 16.0 Å². The van der Waals surface area contributed by atoms with Crippen molar-refractivity contribution in [2.45, 2.75) is 32.7 Å². The summed E-state index contributed by atoms with van der Waals surface area (Å²) in [5.74, 6) is 1.80. The minimum absolute atomic E-state index is 0.175. The van der Waals surface area contributed by atoms with Gasteiger partial charge in [-0.05, 0) is 24.7 Å². The molecule has 1 saturated carbocycles. The number of hydrogen-bond acceptors (Lipinski definition) is 4. The molecule has 5 heteroatoms. The first-order valence-electron chi connectivity index (χ1n) is 5.69. The zero-order valence-electron chi connectivity index (χ0n) is 9.66. The molecule has 0 amide bonds. The van der Waals surface area contributed by atoms with Gasteiger partial charge in [-0.2, -0.15) is 0 Å². The van der Waals surface area contributed by atoms with Crippen LogP contribution in [0.5, 0.6) is 0 Å². The molecule has 1 fully saturated rings. The fourth-order valence-electron chi connectivity index (χ4n) is 2.27. The predicted molar refractivity (Wildman–Crippen MR) is 64.2 cm³/mol. The predicted octanol–water partition coefficient (Wildman–Crippen LogP) is 1.20. The first-order chi connectivity index (χ1) is 7.59. The Bertz CT molecular complexity index is 428. The Morgan fingerprint density at radius 2 is 2.25 bits per heavy atom. The highest BCUT2D eigenvalue weighted by Crippen LogP contribution is 2.33. The number of H-pyrrole nitrogens is 1. The Labute approximate surface area is 94.5 Å². The lowest BCUT2D eigenvalue weighted by molar-refractivity contribution is 0.435. The average Bonchev–Trinajstić information content (AvgIpc) is 2.57. The fourth-order valence-corrected chi connectivity index (χ4v) is 2.27. The molecule has 88 valence electrons. The van der Waals surface area contributed by atoms with Crippen molar-refractivity contribution in [1.29, 1.82) is 0 Å². The number of nitrogens with zero attached hydrogens (tertiary/aromatic N) is 1. The van der Waals surface area contributed by atoms with Crippen molar-refractivity contribution in [2.75, 3.05) is 11.1 Å². The van der Waals surface area contributed by atoms with Crippen LogP contribution in [0.25, 0.3) is 0 Å². The lowest BCUT2D eigenvalue weighted by atomic mass is 9.98. The Hall–Kier alpha value is -1.52. The molecule has 0 radical (unpaired) electrons. The number of rotatable bonds is 2. The van der Waals surface area contributed by atoms with E-state index in [1.165, 1.54) is 12.7 Å². The van der Waals surface area contributed by atoms with Gasteiger partial charge in [0.1, 0.15) is 5.69 Å². The number of nitrogens with one attached hydrogen (secondary N) is 2. The lowest BCUT2D eigenvalue weighted by Gasteiger charge is -2.20. The van der Waals surface area contributed by atoms with Crippen LogP contribution < -0.4 is 16.6 Å². The Morgan fingerprint density at radius 1 is 1.50 bits per heavy atom. The van der Waals surface area contributed by atoms with E-state index in [2.05, 4.69) is 29.1 Å². The maximum absolute atomic E-state index is 11.3. The van der Waals surface area contributed by atoms with E-state index in [1.54, 1.807) is 0 Å². The molecule has 2 rings (SSSR count). The van der Waals surface area contributed by atoms with Crippen LogP contribution in [0, 0.1) is 11.8 Å². The summed E-state index contributed by atoms with van der Waals surface area (Å²) < 4.78 is 0. The summed E-state index contributed by atoms with van der Waals surface area (Å²) in [6, 6.07) is 0.367. The van der Waals surface area contributed by atoms with Crippen molar-refractivity contribution < 1.29 is 0 Å². The third-order valence-electron chi connectivity index (χ3n) is 3.68. The molecule has 5 nitrogen and oxygen atoms in total. The number of hydrogen-bond donors (Lipinski definition) is 3. The molecule has 0 spiro atoms. The van der Waals surface area contributed by atoms with Crippen LogP contribution in [0.15, 0.2) is 11.1 Å². The van der Waals surface area contributed by atoms with Gasteiger partial charge in [-0.1, -0.05) is 13.8 Å². The second-order valence-electron chi connectivity index (χ2n) is 4.66. The number of nitrogen functional groups attached to an aromatic ring is 1. The highest BCUT2D eigenvalue weighted by atomic mass is 16.1. The van der Waals surface area contributed by atoms with Crippen LogP contribution in [0.3, 0.4) is 0 Å². The molecule has 3 unspecified atom stereocenters. The zero-order chi connectivity index (χ0) is 11.7. The molecule has 0 saturated heterocycles. The second-order valence-corrected chi connectivity index (χ2v) is 4.66. The van der Waals surface area contributed by atoms with Crippen LogP contribution in [-0.2, 0) is 0 Å². The van der Waals surface area contributed by atoms with Crippen LogP contribution in [0.2, 0.25) is 0 Å². The topological polar surface area (TPSA) is 83.8 Å². The van der Waals surface area contributed by atoms with Crippen LogP contribution in [-0.4, -0.2) is 16.0 Å². The number of aromatic amines is 1. The summed E-state index contributed by atoms with van der Waals surface area (Å²) >= 11 is 0. The molecule has 4 N–H and O–H groups in total. The molecule has 1 aromatic heterocycles. The van der Waals surface area contributed by atoms with Crippen LogP contribution >= 0.6 is 0 Å². The van der Waals surface area contributed by atoms with E-state index in [0.717, 1.165) is 6.42 Å². The van der Waals surface area contributed by atoms with Gasteiger partial charge in [-0.15, -0.1) is 0 Å². The summed E-state index contributed by atoms with van der Waals surface area (Å²) in [5, 5.41) is 3.27. The number of anilines is 2. The molecule has 1 heterocycles. The summed E-state index contributed by atoms with van der Waals surface area (Å²) in [6.07, 6.45) is 3.70. The first kappa shape index (κ1) is 11.0. The molecule has 16 heavy (non-hydrogen) atoms. The molecule has 0 aromatic carbocycles. The highest BCUT2D eigenvalue weighted by Gasteiger charge is 2.30. The van der Waals surface area contributed by atoms with Crippen molar-refractivity contribution in [1.82, 2.24) is 9.97 Å². The van der Waals surface area contributed by atoms with Crippen molar-refractivity contribution in [3.63, 3.8) is 0 Å². The van der Waals surface area contributed by atoms with Gasteiger partial charge in [-0.3, -0.25) is 4.79 Å². The molecule has 0 aliphatic heterocycles. The van der Waals surface area contributed by atoms with Gasteiger partial charge >= 0.3 is 0 Å². The van der Waals surface area contributed by atoms with Crippen molar-refractivity contribution in [3.05, 3.63) is 16.7 Å². The van der Waals surface area contributed by atoms with Gasteiger partial charge in [0.2, 0.25) is 0 Å². The lowest BCUT2D eigenvalue weighted by Crippen LogP contribution is -2.27. The van der Waals surface area contributed by atoms with Gasteiger partial charge in [0, 0.05) is 6.04 Å². The third-order valence-corrected chi connectivity index (χ3v) is 3.68. The monoisotopic (exact) mass is 222 g/mol. The first-order valence-corrected chi connectivity index (χ1v) is 5.69. The molecular weight excluding hydrogens is 204 g/mol. The molecular formula is C11H18N4O. The van der Waals surface area contributed by atoms with Crippen LogP contribution in [0.1, 0.15) is 26.7 Å². The van der Waals surface area contributed by atoms with Gasteiger partial charge in [0.25, 0.3) is 5.56 Å². The molecule has 1 aromatic rings. The fraction of sp³-hybridized carbons (Fsp3) is 0.636. The van der Waals surface area contributed by atoms with E-state index < -0.39 is 0 Å². The molecule has 0 bridgehead atoms. The standard InChI is InChI=1S/C11H18N4O/c1-6-3-4-8(7(6)2)15-10-9(12)11(16)14-5-13-10/h5-8H,3-4,12H2,1-2H3,(H2,13,14,15,16). The molecule has 1 aliphatic carbocycles. The summed E-state index contributed by atoms with van der Waals surface area (Å²) in [4.78, 5) is 17.8. The van der Waals surface area contributed by atoms with Gasteiger partial charge in [-0.25, -0.2) is 4.98 Å². The van der Waals surface area contributed by atoms with E-state index in [0.29, 0.717) is 23.7 Å². The van der Waals surface area contributed by atoms with Crippen molar-refractivity contribution in [2.24, 2.45) is 11.8 Å². The van der Waals surface area contributed by atoms with E-state index in [-0.39, 0.29) is 11.2 Å². The van der Waals surface area contributed by atoms with Crippen molar-refractivity contribution in [3.8, 4) is 0 Å². The van der Waals surface area contributed by atoms with Gasteiger partial charge in [0.05, 0.1) is 6.33 Å². The maximum Gasteiger partial charge on any atom is 0.276 e. The summed E-state index contributed by atoms with van der Waals surface area (Å²) in [7, 11) is 0. The van der Waals surface area contributed by atoms with E-state index >= 15 is 0 Å². The largest absolute Gasteiger partial charge is 0.391 e. The Kier molecular flexibility index (Phi) is 2.85. The minimum atomic E-state index is -0.281. The average molecular weight is 222 g/mol. The maximum atomic E-state index is 11.3. The molecule has 3 atom stereocenters.